The number of aromatic amines is 1. The second-order valence-electron chi connectivity index (χ2n) is 4.77. The zero-order valence-corrected chi connectivity index (χ0v) is 11.2. The molecular formula is C14H17N3O2. The van der Waals surface area contributed by atoms with Gasteiger partial charge in [0.2, 0.25) is 0 Å². The van der Waals surface area contributed by atoms with Gasteiger partial charge < -0.3 is 10.4 Å². The van der Waals surface area contributed by atoms with Gasteiger partial charge in [-0.05, 0) is 25.0 Å². The van der Waals surface area contributed by atoms with Crippen molar-refractivity contribution in [3.05, 3.63) is 41.1 Å². The molecule has 0 atom stereocenters. The average Bonchev–Trinajstić information content (AvgIpc) is 2.81. The lowest BCUT2D eigenvalue weighted by Gasteiger charge is -2.06. The third-order valence-electron chi connectivity index (χ3n) is 3.01. The Labute approximate surface area is 111 Å². The van der Waals surface area contributed by atoms with Crippen LogP contribution in [0.15, 0.2) is 24.3 Å². The molecule has 0 aliphatic heterocycles. The van der Waals surface area contributed by atoms with Crippen molar-refractivity contribution in [2.45, 2.75) is 26.7 Å². The molecule has 2 aromatic rings. The second-order valence-corrected chi connectivity index (χ2v) is 4.77. The molecule has 0 saturated heterocycles. The zero-order chi connectivity index (χ0) is 14.0. The van der Waals surface area contributed by atoms with Crippen LogP contribution in [0.25, 0.3) is 0 Å². The van der Waals surface area contributed by atoms with Gasteiger partial charge in [0, 0.05) is 22.9 Å². The van der Waals surface area contributed by atoms with E-state index in [0.717, 1.165) is 5.69 Å². The highest BCUT2D eigenvalue weighted by molar-refractivity contribution is 6.05. The maximum atomic E-state index is 12.1. The summed E-state index contributed by atoms with van der Waals surface area (Å²) in [4.78, 5) is 12.1. The molecule has 0 saturated carbocycles. The molecule has 1 aromatic heterocycles. The fraction of sp³-hybridized carbons (Fsp3) is 0.286. The number of rotatable bonds is 3. The minimum Gasteiger partial charge on any atom is -0.508 e. The first-order valence-electron chi connectivity index (χ1n) is 6.14. The molecule has 5 nitrogen and oxygen atoms in total. The van der Waals surface area contributed by atoms with E-state index in [9.17, 15) is 9.90 Å². The van der Waals surface area contributed by atoms with Gasteiger partial charge in [-0.25, -0.2) is 0 Å². The maximum Gasteiger partial charge on any atom is 0.257 e. The smallest absolute Gasteiger partial charge is 0.257 e. The first-order chi connectivity index (χ1) is 8.99. The third kappa shape index (κ3) is 2.76. The molecule has 3 N–H and O–H groups in total. The van der Waals surface area contributed by atoms with Crippen LogP contribution in [0.3, 0.4) is 0 Å². The number of amides is 1. The molecule has 0 aliphatic carbocycles. The van der Waals surface area contributed by atoms with E-state index in [-0.39, 0.29) is 11.7 Å². The molecule has 0 fully saturated rings. The fourth-order valence-electron chi connectivity index (χ4n) is 1.75. The second kappa shape index (κ2) is 5.14. The Bertz CT molecular complexity index is 602. The van der Waals surface area contributed by atoms with Crippen LogP contribution >= 0.6 is 0 Å². The van der Waals surface area contributed by atoms with Gasteiger partial charge in [-0.15, -0.1) is 0 Å². The summed E-state index contributed by atoms with van der Waals surface area (Å²) in [6.07, 6.45) is 0. The van der Waals surface area contributed by atoms with Gasteiger partial charge in [-0.2, -0.15) is 5.10 Å². The minimum atomic E-state index is -0.282. The molecule has 1 heterocycles. The highest BCUT2D eigenvalue weighted by atomic mass is 16.3. The van der Waals surface area contributed by atoms with Crippen molar-refractivity contribution in [3.63, 3.8) is 0 Å². The lowest BCUT2D eigenvalue weighted by molar-refractivity contribution is 0.102. The molecule has 5 heteroatoms. The van der Waals surface area contributed by atoms with Gasteiger partial charge in [0.1, 0.15) is 5.75 Å². The van der Waals surface area contributed by atoms with Crippen molar-refractivity contribution in [3.8, 4) is 5.75 Å². The molecule has 0 bridgehead atoms. The Kier molecular flexibility index (Phi) is 3.55. The first-order valence-corrected chi connectivity index (χ1v) is 6.14. The molecule has 1 aromatic carbocycles. The average molecular weight is 259 g/mol. The van der Waals surface area contributed by atoms with Crippen LogP contribution in [0.4, 0.5) is 5.82 Å². The number of aromatic nitrogens is 2. The molecule has 1 amide bonds. The number of hydrogen-bond acceptors (Lipinski definition) is 3. The normalized spacial score (nSPS) is 10.7. The summed E-state index contributed by atoms with van der Waals surface area (Å²) in [5, 5.41) is 19.2. The zero-order valence-electron chi connectivity index (χ0n) is 11.2. The highest BCUT2D eigenvalue weighted by Crippen LogP contribution is 2.21. The van der Waals surface area contributed by atoms with Crippen LogP contribution in [0.5, 0.6) is 5.75 Å². The molecular weight excluding hydrogens is 242 g/mol. The molecule has 19 heavy (non-hydrogen) atoms. The van der Waals surface area contributed by atoms with Crippen molar-refractivity contribution in [2.24, 2.45) is 0 Å². The number of carbonyl (C=O) groups is 1. The number of phenols is 1. The van der Waals surface area contributed by atoms with Crippen LogP contribution in [0.2, 0.25) is 0 Å². The SMILES string of the molecule is Cc1c(O)cccc1C(=O)Nc1cc(C(C)C)[nH]n1. The Morgan fingerprint density at radius 1 is 1.42 bits per heavy atom. The number of H-pyrrole nitrogens is 1. The minimum absolute atomic E-state index is 0.109. The number of hydrogen-bond donors (Lipinski definition) is 3. The van der Waals surface area contributed by atoms with E-state index in [1.807, 2.05) is 13.8 Å². The van der Waals surface area contributed by atoms with E-state index in [2.05, 4.69) is 15.5 Å². The first kappa shape index (κ1) is 13.1. The van der Waals surface area contributed by atoms with Gasteiger partial charge in [-0.1, -0.05) is 19.9 Å². The van der Waals surface area contributed by atoms with Gasteiger partial charge in [0.25, 0.3) is 5.91 Å². The summed E-state index contributed by atoms with van der Waals surface area (Å²) in [6.45, 7) is 5.78. The van der Waals surface area contributed by atoms with E-state index in [1.54, 1.807) is 31.2 Å². The summed E-state index contributed by atoms with van der Waals surface area (Å²) in [5.74, 6) is 0.629. The Morgan fingerprint density at radius 2 is 2.16 bits per heavy atom. The van der Waals surface area contributed by atoms with E-state index < -0.39 is 0 Å². The van der Waals surface area contributed by atoms with Crippen LogP contribution in [-0.2, 0) is 0 Å². The number of benzene rings is 1. The van der Waals surface area contributed by atoms with Crippen molar-refractivity contribution >= 4 is 11.7 Å². The van der Waals surface area contributed by atoms with E-state index in [1.165, 1.54) is 0 Å². The van der Waals surface area contributed by atoms with Crippen molar-refractivity contribution in [1.82, 2.24) is 10.2 Å². The number of aromatic hydroxyl groups is 1. The van der Waals surface area contributed by atoms with Gasteiger partial charge in [0.15, 0.2) is 5.82 Å². The topological polar surface area (TPSA) is 78.0 Å². The predicted octanol–water partition coefficient (Wildman–Crippen LogP) is 2.80. The summed E-state index contributed by atoms with van der Waals surface area (Å²) in [7, 11) is 0. The lowest BCUT2D eigenvalue weighted by Crippen LogP contribution is -2.13. The van der Waals surface area contributed by atoms with Gasteiger partial charge in [-0.3, -0.25) is 9.89 Å². The number of nitrogens with one attached hydrogen (secondary N) is 2. The largest absolute Gasteiger partial charge is 0.508 e. The van der Waals surface area contributed by atoms with Crippen LogP contribution < -0.4 is 5.32 Å². The molecule has 100 valence electrons. The summed E-state index contributed by atoms with van der Waals surface area (Å²) in [6, 6.07) is 6.67. The Hall–Kier alpha value is -2.30. The van der Waals surface area contributed by atoms with Crippen LogP contribution in [0.1, 0.15) is 41.4 Å². The number of phenolic OH excluding ortho intramolecular Hbond substituents is 1. The molecule has 0 unspecified atom stereocenters. The van der Waals surface area contributed by atoms with Crippen LogP contribution in [0, 0.1) is 6.92 Å². The maximum absolute atomic E-state index is 12.1. The lowest BCUT2D eigenvalue weighted by atomic mass is 10.1. The monoisotopic (exact) mass is 259 g/mol. The van der Waals surface area contributed by atoms with Gasteiger partial charge in [0.05, 0.1) is 0 Å². The van der Waals surface area contributed by atoms with Crippen molar-refractivity contribution < 1.29 is 9.90 Å². The molecule has 0 spiro atoms. The van der Waals surface area contributed by atoms with Crippen molar-refractivity contribution in [2.75, 3.05) is 5.32 Å². The molecule has 2 rings (SSSR count). The van der Waals surface area contributed by atoms with Crippen molar-refractivity contribution in [1.29, 1.82) is 0 Å². The summed E-state index contributed by atoms with van der Waals surface area (Å²) in [5.41, 5.74) is 1.96. The quantitative estimate of drug-likeness (QED) is 0.793. The summed E-state index contributed by atoms with van der Waals surface area (Å²) >= 11 is 0. The highest BCUT2D eigenvalue weighted by Gasteiger charge is 2.13. The van der Waals surface area contributed by atoms with E-state index in [4.69, 9.17) is 0 Å². The Balaban J connectivity index is 2.18. The Morgan fingerprint density at radius 3 is 2.79 bits per heavy atom. The van der Waals surface area contributed by atoms with E-state index >= 15 is 0 Å². The fourth-order valence-corrected chi connectivity index (χ4v) is 1.75. The predicted molar refractivity (Wildman–Crippen MR) is 73.5 cm³/mol. The van der Waals surface area contributed by atoms with Crippen LogP contribution in [-0.4, -0.2) is 21.2 Å². The number of carbonyl (C=O) groups excluding carboxylic acids is 1. The summed E-state index contributed by atoms with van der Waals surface area (Å²) < 4.78 is 0. The molecule has 0 radical (unpaired) electrons. The van der Waals surface area contributed by atoms with E-state index in [0.29, 0.717) is 22.9 Å². The number of anilines is 1. The standard InChI is InChI=1S/C14H17N3O2/c1-8(2)11-7-13(17-16-11)15-14(19)10-5-4-6-12(18)9(10)3/h4-8,18H,1-3H3,(H2,15,16,17,19). The number of nitrogens with zero attached hydrogens (tertiary/aromatic N) is 1. The molecule has 0 aliphatic rings. The van der Waals surface area contributed by atoms with Gasteiger partial charge >= 0.3 is 0 Å². The third-order valence-corrected chi connectivity index (χ3v) is 3.01.